The molecule has 2 heterocycles. The zero-order valence-electron chi connectivity index (χ0n) is 16.9. The standard InChI is InChI=1S/C23H25N5O2/c1-17(18-8-4-2-5-9-18)26-22(29)20-21(25-16-24-20)23(30)28-14-12-27(13-15-28)19-10-6-3-7-11-19/h2-11,16-17H,12-15H2,1H3,(H,24,25)(H,26,29)/t17-/m0/s1. The van der Waals surface area contributed by atoms with E-state index in [9.17, 15) is 9.59 Å². The fraction of sp³-hybridized carbons (Fsp3) is 0.261. The van der Waals surface area contributed by atoms with Crippen molar-refractivity contribution in [3.05, 3.63) is 83.9 Å². The summed E-state index contributed by atoms with van der Waals surface area (Å²) in [6, 6.07) is 19.7. The minimum atomic E-state index is -0.362. The monoisotopic (exact) mass is 403 g/mol. The van der Waals surface area contributed by atoms with Gasteiger partial charge in [-0.3, -0.25) is 9.59 Å². The Morgan fingerprint density at radius 3 is 2.27 bits per heavy atom. The highest BCUT2D eigenvalue weighted by Crippen LogP contribution is 2.18. The summed E-state index contributed by atoms with van der Waals surface area (Å²) in [5, 5.41) is 2.92. The van der Waals surface area contributed by atoms with Gasteiger partial charge in [-0.05, 0) is 24.6 Å². The summed E-state index contributed by atoms with van der Waals surface area (Å²) in [6.45, 7) is 4.58. The van der Waals surface area contributed by atoms with Gasteiger partial charge in [-0.1, -0.05) is 48.5 Å². The molecule has 30 heavy (non-hydrogen) atoms. The van der Waals surface area contributed by atoms with Crippen molar-refractivity contribution in [3.63, 3.8) is 0 Å². The van der Waals surface area contributed by atoms with Crippen molar-refractivity contribution in [2.45, 2.75) is 13.0 Å². The van der Waals surface area contributed by atoms with E-state index in [1.54, 1.807) is 4.90 Å². The van der Waals surface area contributed by atoms with Gasteiger partial charge in [0.2, 0.25) is 0 Å². The number of imidazole rings is 1. The smallest absolute Gasteiger partial charge is 0.272 e. The van der Waals surface area contributed by atoms with Crippen molar-refractivity contribution in [2.75, 3.05) is 31.1 Å². The minimum Gasteiger partial charge on any atom is -0.368 e. The molecule has 0 saturated carbocycles. The van der Waals surface area contributed by atoms with Gasteiger partial charge in [0.15, 0.2) is 5.69 Å². The van der Waals surface area contributed by atoms with E-state index in [0.29, 0.717) is 13.1 Å². The Labute approximate surface area is 175 Å². The van der Waals surface area contributed by atoms with E-state index in [1.807, 2.05) is 55.5 Å². The Bertz CT molecular complexity index is 995. The van der Waals surface area contributed by atoms with E-state index in [2.05, 4.69) is 32.3 Å². The normalized spacial score (nSPS) is 15.0. The lowest BCUT2D eigenvalue weighted by molar-refractivity contribution is 0.0734. The van der Waals surface area contributed by atoms with Crippen LogP contribution in [0.5, 0.6) is 0 Å². The third kappa shape index (κ3) is 4.20. The van der Waals surface area contributed by atoms with Gasteiger partial charge in [-0.2, -0.15) is 0 Å². The molecule has 1 atom stereocenters. The Morgan fingerprint density at radius 1 is 0.967 bits per heavy atom. The maximum absolute atomic E-state index is 13.0. The second kappa shape index (κ2) is 8.82. The van der Waals surface area contributed by atoms with Crippen molar-refractivity contribution >= 4 is 17.5 Å². The highest BCUT2D eigenvalue weighted by molar-refractivity contribution is 6.04. The van der Waals surface area contributed by atoms with Gasteiger partial charge >= 0.3 is 0 Å². The first-order valence-electron chi connectivity index (χ1n) is 10.1. The number of H-pyrrole nitrogens is 1. The summed E-state index contributed by atoms with van der Waals surface area (Å²) < 4.78 is 0. The summed E-state index contributed by atoms with van der Waals surface area (Å²) >= 11 is 0. The van der Waals surface area contributed by atoms with Gasteiger partial charge in [0.25, 0.3) is 11.8 Å². The van der Waals surface area contributed by atoms with Crippen LogP contribution in [0.1, 0.15) is 39.5 Å². The van der Waals surface area contributed by atoms with Crippen LogP contribution in [-0.2, 0) is 0 Å². The van der Waals surface area contributed by atoms with Crippen LogP contribution in [0.15, 0.2) is 67.0 Å². The van der Waals surface area contributed by atoms with Crippen LogP contribution in [-0.4, -0.2) is 52.9 Å². The summed E-state index contributed by atoms with van der Waals surface area (Å²) in [5.41, 5.74) is 2.52. The van der Waals surface area contributed by atoms with Crippen LogP contribution < -0.4 is 10.2 Å². The SMILES string of the molecule is C[C@H](NC(=O)c1nc[nH]c1C(=O)N1CCN(c2ccccc2)CC1)c1ccccc1. The van der Waals surface area contributed by atoms with Crippen LogP contribution >= 0.6 is 0 Å². The summed E-state index contributed by atoms with van der Waals surface area (Å²) in [6.07, 6.45) is 1.40. The molecule has 1 aliphatic heterocycles. The molecule has 3 aromatic rings. The largest absolute Gasteiger partial charge is 0.368 e. The molecule has 7 heteroatoms. The molecule has 1 saturated heterocycles. The molecule has 0 unspecified atom stereocenters. The highest BCUT2D eigenvalue weighted by atomic mass is 16.2. The van der Waals surface area contributed by atoms with Gasteiger partial charge in [-0.15, -0.1) is 0 Å². The Hall–Kier alpha value is -3.61. The molecular formula is C23H25N5O2. The molecule has 1 aliphatic rings. The third-order valence-corrected chi connectivity index (χ3v) is 5.40. The number of nitrogens with zero attached hydrogens (tertiary/aromatic N) is 3. The van der Waals surface area contributed by atoms with E-state index in [-0.39, 0.29) is 29.2 Å². The van der Waals surface area contributed by atoms with Crippen molar-refractivity contribution in [2.24, 2.45) is 0 Å². The molecule has 2 N–H and O–H groups in total. The van der Waals surface area contributed by atoms with Crippen LogP contribution in [0.3, 0.4) is 0 Å². The molecule has 0 aliphatic carbocycles. The number of piperazine rings is 1. The molecule has 0 radical (unpaired) electrons. The van der Waals surface area contributed by atoms with Gasteiger partial charge in [0.05, 0.1) is 12.4 Å². The van der Waals surface area contributed by atoms with E-state index < -0.39 is 0 Å². The number of hydrogen-bond donors (Lipinski definition) is 2. The van der Waals surface area contributed by atoms with Crippen molar-refractivity contribution in [1.29, 1.82) is 0 Å². The van der Waals surface area contributed by atoms with E-state index in [4.69, 9.17) is 0 Å². The molecule has 1 aromatic heterocycles. The molecule has 2 amide bonds. The number of aromatic amines is 1. The highest BCUT2D eigenvalue weighted by Gasteiger charge is 2.28. The number of amides is 2. The van der Waals surface area contributed by atoms with E-state index >= 15 is 0 Å². The van der Waals surface area contributed by atoms with Crippen LogP contribution in [0.25, 0.3) is 0 Å². The molecule has 0 spiro atoms. The Balaban J connectivity index is 1.40. The lowest BCUT2D eigenvalue weighted by Gasteiger charge is -2.36. The number of para-hydroxylation sites is 1. The van der Waals surface area contributed by atoms with Crippen molar-refractivity contribution in [3.8, 4) is 0 Å². The molecule has 154 valence electrons. The minimum absolute atomic E-state index is 0.133. The van der Waals surface area contributed by atoms with E-state index in [0.717, 1.165) is 24.3 Å². The zero-order chi connectivity index (χ0) is 20.9. The molecule has 4 rings (SSSR count). The lowest BCUT2D eigenvalue weighted by atomic mass is 10.1. The fourth-order valence-corrected chi connectivity index (χ4v) is 3.68. The molecule has 7 nitrogen and oxygen atoms in total. The van der Waals surface area contributed by atoms with Crippen molar-refractivity contribution in [1.82, 2.24) is 20.2 Å². The second-order valence-electron chi connectivity index (χ2n) is 7.35. The number of rotatable bonds is 5. The van der Waals surface area contributed by atoms with Crippen molar-refractivity contribution < 1.29 is 9.59 Å². The van der Waals surface area contributed by atoms with Gasteiger partial charge in [0.1, 0.15) is 5.69 Å². The first-order chi connectivity index (χ1) is 14.6. The zero-order valence-corrected chi connectivity index (χ0v) is 16.9. The first kappa shape index (κ1) is 19.7. The average molecular weight is 403 g/mol. The average Bonchev–Trinajstić information content (AvgIpc) is 3.30. The van der Waals surface area contributed by atoms with E-state index in [1.165, 1.54) is 6.33 Å². The van der Waals surface area contributed by atoms with Gasteiger partial charge < -0.3 is 20.1 Å². The predicted molar refractivity (Wildman–Crippen MR) is 115 cm³/mol. The second-order valence-corrected chi connectivity index (χ2v) is 7.35. The topological polar surface area (TPSA) is 81.3 Å². The van der Waals surface area contributed by atoms with Crippen LogP contribution in [0, 0.1) is 0 Å². The number of benzene rings is 2. The summed E-state index contributed by atoms with van der Waals surface area (Å²) in [5.74, 6) is -0.559. The Kier molecular flexibility index (Phi) is 5.79. The Morgan fingerprint density at radius 2 is 1.60 bits per heavy atom. The molecule has 0 bridgehead atoms. The first-order valence-corrected chi connectivity index (χ1v) is 10.1. The number of hydrogen-bond acceptors (Lipinski definition) is 4. The predicted octanol–water partition coefficient (Wildman–Crippen LogP) is 2.86. The maximum atomic E-state index is 13.0. The van der Waals surface area contributed by atoms with Crippen LogP contribution in [0.4, 0.5) is 5.69 Å². The number of carbonyl (C=O) groups excluding carboxylic acids is 2. The fourth-order valence-electron chi connectivity index (χ4n) is 3.68. The quantitative estimate of drug-likeness (QED) is 0.686. The molecule has 1 fully saturated rings. The van der Waals surface area contributed by atoms with Crippen LogP contribution in [0.2, 0.25) is 0 Å². The number of aromatic nitrogens is 2. The number of nitrogens with one attached hydrogen (secondary N) is 2. The molecular weight excluding hydrogens is 378 g/mol. The third-order valence-electron chi connectivity index (χ3n) is 5.40. The molecule has 2 aromatic carbocycles. The van der Waals surface area contributed by atoms with Gasteiger partial charge in [0, 0.05) is 31.9 Å². The lowest BCUT2D eigenvalue weighted by Crippen LogP contribution is -2.49. The van der Waals surface area contributed by atoms with Gasteiger partial charge in [-0.25, -0.2) is 4.98 Å². The number of anilines is 1. The maximum Gasteiger partial charge on any atom is 0.272 e. The number of carbonyl (C=O) groups is 2. The summed E-state index contributed by atoms with van der Waals surface area (Å²) in [4.78, 5) is 36.8. The summed E-state index contributed by atoms with van der Waals surface area (Å²) in [7, 11) is 0.